The Hall–Kier alpha value is -0.940. The van der Waals surface area contributed by atoms with Crippen LogP contribution in [-0.2, 0) is 14.8 Å². The van der Waals surface area contributed by atoms with Crippen LogP contribution in [0, 0.1) is 4.78 Å². The third kappa shape index (κ3) is 8.08. The fourth-order valence-electron chi connectivity index (χ4n) is 0.800. The fourth-order valence-corrected chi connectivity index (χ4v) is 0.966. The number of hydrogen-bond acceptors (Lipinski definition) is 5. The van der Waals surface area contributed by atoms with Gasteiger partial charge in [-0.2, -0.15) is 10.6 Å². The minimum Gasteiger partial charge on any atom is -0.445 e. The van der Waals surface area contributed by atoms with Crippen molar-refractivity contribution in [2.45, 2.75) is 19.8 Å². The van der Waals surface area contributed by atoms with Gasteiger partial charge in [0.15, 0.2) is 0 Å². The molecule has 0 aliphatic heterocycles. The number of nitrogens with zero attached hydrogens (tertiary/aromatic N) is 1. The minimum atomic E-state index is -1.57. The molecule has 1 heterocycles. The number of pyridine rings is 1. The summed E-state index contributed by atoms with van der Waals surface area (Å²) >= 11 is 0. The molecule has 1 rings (SSSR count). The smallest absolute Gasteiger partial charge is 0.0302 e. The molecule has 0 aliphatic rings. The molecule has 0 saturated carbocycles. The highest BCUT2D eigenvalue weighted by Gasteiger charge is 1.94. The number of aromatic nitrogens is 1. The van der Waals surface area contributed by atoms with E-state index >= 15 is 0 Å². The molecule has 0 bridgehead atoms. The average molecular weight is 229 g/mol. The topological polar surface area (TPSA) is 74.0 Å². The summed E-state index contributed by atoms with van der Waals surface area (Å²) in [4.78, 5) is 4.01. The van der Waals surface area contributed by atoms with Gasteiger partial charge in [-0.05, 0) is 17.5 Å². The Labute approximate surface area is 92.4 Å². The highest BCUT2D eigenvalue weighted by Crippen LogP contribution is 2.10. The van der Waals surface area contributed by atoms with Crippen molar-refractivity contribution >= 4 is 10.6 Å². The van der Waals surface area contributed by atoms with E-state index in [1.807, 2.05) is 12.3 Å². The van der Waals surface area contributed by atoms with E-state index in [4.69, 9.17) is 9.89 Å². The molecule has 0 aliphatic carbocycles. The Bertz CT molecular complexity index is 315. The van der Waals surface area contributed by atoms with Crippen LogP contribution in [0.2, 0.25) is 0 Å². The maximum atomic E-state index is 9.66. The Morgan fingerprint density at radius 2 is 2.27 bits per heavy atom. The lowest BCUT2D eigenvalue weighted by Crippen LogP contribution is -1.89. The van der Waals surface area contributed by atoms with Gasteiger partial charge >= 0.3 is 0 Å². The van der Waals surface area contributed by atoms with Gasteiger partial charge < -0.3 is 14.1 Å². The van der Waals surface area contributed by atoms with Crippen molar-refractivity contribution in [3.05, 3.63) is 30.1 Å². The zero-order valence-corrected chi connectivity index (χ0v) is 9.83. The van der Waals surface area contributed by atoms with E-state index < -0.39 is 10.6 Å². The lowest BCUT2D eigenvalue weighted by atomic mass is 10.1. The molecule has 5 heteroatoms. The normalized spacial score (nSPS) is 9.93. The molecular formula is C10H17N2O2S-. The molecule has 0 aromatic carbocycles. The molecule has 0 fully saturated rings. The first-order valence-electron chi connectivity index (χ1n) is 4.68. The second-order valence-corrected chi connectivity index (χ2v) is 4.31. The van der Waals surface area contributed by atoms with Crippen molar-refractivity contribution in [2.75, 3.05) is 12.4 Å². The van der Waals surface area contributed by atoms with Crippen LogP contribution in [0.25, 0.3) is 0 Å². The molecule has 1 aromatic rings. The summed E-state index contributed by atoms with van der Waals surface area (Å²) in [6, 6.07) is 4.06. The van der Waals surface area contributed by atoms with E-state index in [2.05, 4.69) is 24.9 Å². The SMILES string of the molecule is CC(C)c1cccnc1.N=[S-](=O)CCO. The maximum absolute atomic E-state index is 9.66. The third-order valence-electron chi connectivity index (χ3n) is 1.63. The van der Waals surface area contributed by atoms with Gasteiger partial charge in [0.25, 0.3) is 0 Å². The molecule has 4 nitrogen and oxygen atoms in total. The molecule has 1 aromatic heterocycles. The molecule has 86 valence electrons. The predicted octanol–water partition coefficient (Wildman–Crippen LogP) is 1.91. The molecular weight excluding hydrogens is 212 g/mol. The molecule has 0 unspecified atom stereocenters. The zero-order chi connectivity index (χ0) is 11.7. The molecule has 0 amide bonds. The minimum absolute atomic E-state index is 0.0694. The van der Waals surface area contributed by atoms with E-state index in [9.17, 15) is 4.21 Å². The van der Waals surface area contributed by atoms with Crippen LogP contribution in [0.5, 0.6) is 0 Å². The number of nitrogens with one attached hydrogen (secondary N) is 1. The van der Waals surface area contributed by atoms with Crippen molar-refractivity contribution < 1.29 is 9.32 Å². The van der Waals surface area contributed by atoms with Crippen LogP contribution in [0.1, 0.15) is 25.3 Å². The second kappa shape index (κ2) is 8.38. The van der Waals surface area contributed by atoms with Crippen molar-refractivity contribution in [2.24, 2.45) is 0 Å². The van der Waals surface area contributed by atoms with Crippen molar-refractivity contribution in [3.8, 4) is 0 Å². The summed E-state index contributed by atoms with van der Waals surface area (Å²) in [7, 11) is -1.57. The molecule has 15 heavy (non-hydrogen) atoms. The first-order valence-corrected chi connectivity index (χ1v) is 6.00. The van der Waals surface area contributed by atoms with Crippen LogP contribution in [0.3, 0.4) is 0 Å². The van der Waals surface area contributed by atoms with Gasteiger partial charge in [0.1, 0.15) is 0 Å². The average Bonchev–Trinajstić information content (AvgIpc) is 2.20. The number of aliphatic hydroxyl groups excluding tert-OH is 1. The summed E-state index contributed by atoms with van der Waals surface area (Å²) < 4.78 is 16.0. The van der Waals surface area contributed by atoms with Gasteiger partial charge in [0, 0.05) is 19.0 Å². The number of aliphatic hydroxyl groups is 1. The predicted molar refractivity (Wildman–Crippen MR) is 61.1 cm³/mol. The van der Waals surface area contributed by atoms with Crippen LogP contribution in [0.15, 0.2) is 24.5 Å². The van der Waals surface area contributed by atoms with E-state index in [0.29, 0.717) is 5.92 Å². The maximum Gasteiger partial charge on any atom is 0.0302 e. The van der Waals surface area contributed by atoms with E-state index in [-0.39, 0.29) is 12.4 Å². The van der Waals surface area contributed by atoms with Crippen molar-refractivity contribution in [1.82, 2.24) is 4.98 Å². The summed E-state index contributed by atoms with van der Waals surface area (Å²) in [6.07, 6.45) is 3.70. The van der Waals surface area contributed by atoms with Gasteiger partial charge in [0.05, 0.1) is 0 Å². The zero-order valence-electron chi connectivity index (χ0n) is 9.01. The second-order valence-electron chi connectivity index (χ2n) is 3.21. The number of rotatable bonds is 3. The van der Waals surface area contributed by atoms with Crippen molar-refractivity contribution in [1.29, 1.82) is 4.78 Å². The van der Waals surface area contributed by atoms with Gasteiger partial charge in [0.2, 0.25) is 0 Å². The first-order chi connectivity index (χ1) is 7.07. The molecule has 0 spiro atoms. The number of hydrogen-bond donors (Lipinski definition) is 2. The molecule has 0 atom stereocenters. The van der Waals surface area contributed by atoms with Gasteiger partial charge in [-0.25, -0.2) is 0 Å². The Morgan fingerprint density at radius 1 is 1.60 bits per heavy atom. The van der Waals surface area contributed by atoms with Crippen molar-refractivity contribution in [3.63, 3.8) is 0 Å². The largest absolute Gasteiger partial charge is 0.445 e. The summed E-state index contributed by atoms with van der Waals surface area (Å²) in [5.74, 6) is 0.665. The summed E-state index contributed by atoms with van der Waals surface area (Å²) in [5.41, 5.74) is 1.30. The molecule has 0 radical (unpaired) electrons. The highest BCUT2D eigenvalue weighted by molar-refractivity contribution is 7.73. The van der Waals surface area contributed by atoms with Crippen LogP contribution in [0.4, 0.5) is 0 Å². The van der Waals surface area contributed by atoms with E-state index in [1.165, 1.54) is 5.56 Å². The van der Waals surface area contributed by atoms with Gasteiger partial charge in [-0.1, -0.05) is 25.7 Å². The lowest BCUT2D eigenvalue weighted by Gasteiger charge is -2.00. The van der Waals surface area contributed by atoms with E-state index in [1.54, 1.807) is 6.20 Å². The third-order valence-corrected chi connectivity index (χ3v) is 2.18. The lowest BCUT2D eigenvalue weighted by molar-refractivity contribution is 0.321. The first kappa shape index (κ1) is 14.1. The van der Waals surface area contributed by atoms with E-state index in [0.717, 1.165) is 0 Å². The van der Waals surface area contributed by atoms with Crippen LogP contribution >= 0.6 is 0 Å². The highest BCUT2D eigenvalue weighted by atomic mass is 32.2. The molecule has 0 saturated heterocycles. The monoisotopic (exact) mass is 229 g/mol. The summed E-state index contributed by atoms with van der Waals surface area (Å²) in [6.45, 7) is 4.17. The van der Waals surface area contributed by atoms with Gasteiger partial charge in [-0.15, -0.1) is 0 Å². The van der Waals surface area contributed by atoms with Gasteiger partial charge in [-0.3, -0.25) is 4.98 Å². The van der Waals surface area contributed by atoms with Crippen LogP contribution < -0.4 is 0 Å². The summed E-state index contributed by atoms with van der Waals surface area (Å²) in [5, 5.41) is 7.92. The Balaban J connectivity index is 0.000000288. The standard InChI is InChI=1S/C8H11N.C2H6NO2S/c1-7(2)8-4-3-5-9-6-8;3-6(5)2-1-4/h3-7H,1-2H3;3-4H,1-2H2/q;-1. The molecule has 2 N–H and O–H groups in total. The quantitative estimate of drug-likeness (QED) is 0.777. The Morgan fingerprint density at radius 3 is 2.47 bits per heavy atom. The Kier molecular flexibility index (Phi) is 7.85. The van der Waals surface area contributed by atoms with Crippen LogP contribution in [-0.4, -0.2) is 22.5 Å². The fraction of sp³-hybridized carbons (Fsp3) is 0.500.